The molecule has 4 nitrogen and oxygen atoms in total. The Balaban J connectivity index is 4.61. The Hall–Kier alpha value is -1.32. The van der Waals surface area contributed by atoms with E-state index < -0.39 is 17.4 Å². The molecule has 0 aliphatic carbocycles. The van der Waals surface area contributed by atoms with Gasteiger partial charge in [0.05, 0.1) is 7.11 Å². The fourth-order valence-corrected chi connectivity index (χ4v) is 0.912. The maximum atomic E-state index is 11.1. The molecule has 0 rings (SSSR count). The fourth-order valence-electron chi connectivity index (χ4n) is 0.912. The lowest BCUT2D eigenvalue weighted by Crippen LogP contribution is -2.37. The van der Waals surface area contributed by atoms with Crippen LogP contribution in [0.25, 0.3) is 0 Å². The first-order chi connectivity index (χ1) is 5.99. The number of rotatable bonds is 5. The van der Waals surface area contributed by atoms with Crippen LogP contribution in [0.2, 0.25) is 0 Å². The Bertz CT molecular complexity index is 222. The van der Waals surface area contributed by atoms with Gasteiger partial charge in [0.1, 0.15) is 0 Å². The largest absolute Gasteiger partial charge is 0.480 e. The average Bonchev–Trinajstić information content (AvgIpc) is 2.12. The van der Waals surface area contributed by atoms with Gasteiger partial charge in [0.25, 0.3) is 0 Å². The summed E-state index contributed by atoms with van der Waals surface area (Å²) >= 11 is 0. The van der Waals surface area contributed by atoms with Crippen molar-refractivity contribution in [3.63, 3.8) is 0 Å². The summed E-state index contributed by atoms with van der Waals surface area (Å²) in [5, 5.41) is 8.83. The van der Waals surface area contributed by atoms with Crippen LogP contribution in [-0.2, 0) is 14.3 Å². The van der Waals surface area contributed by atoms with Gasteiger partial charge in [-0.05, 0) is 19.8 Å². The van der Waals surface area contributed by atoms with Crippen molar-refractivity contribution in [1.29, 1.82) is 0 Å². The van der Waals surface area contributed by atoms with Crippen molar-refractivity contribution in [3.05, 3.63) is 12.7 Å². The molecular weight excluding hydrogens is 172 g/mol. The number of ether oxygens (including phenoxy) is 1. The zero-order chi connectivity index (χ0) is 10.5. The molecular formula is C9H14O4. The van der Waals surface area contributed by atoms with Gasteiger partial charge in [0, 0.05) is 0 Å². The van der Waals surface area contributed by atoms with Crippen molar-refractivity contribution in [2.45, 2.75) is 19.8 Å². The lowest BCUT2D eigenvalue weighted by Gasteiger charge is -2.20. The van der Waals surface area contributed by atoms with Gasteiger partial charge in [-0.15, -0.1) is 6.58 Å². The van der Waals surface area contributed by atoms with Crippen LogP contribution in [0.1, 0.15) is 19.8 Å². The molecule has 1 N–H and O–H groups in total. The van der Waals surface area contributed by atoms with E-state index in [4.69, 9.17) is 5.11 Å². The van der Waals surface area contributed by atoms with E-state index in [1.54, 1.807) is 6.08 Å². The Morgan fingerprint density at radius 3 is 2.46 bits per heavy atom. The van der Waals surface area contributed by atoms with E-state index in [1.165, 1.54) is 14.0 Å². The molecule has 0 aliphatic rings. The van der Waals surface area contributed by atoms with Gasteiger partial charge >= 0.3 is 11.9 Å². The first kappa shape index (κ1) is 11.7. The third-order valence-corrected chi connectivity index (χ3v) is 1.96. The Morgan fingerprint density at radius 2 is 2.15 bits per heavy atom. The second-order valence-corrected chi connectivity index (χ2v) is 2.96. The number of hydrogen-bond acceptors (Lipinski definition) is 3. The van der Waals surface area contributed by atoms with Crippen LogP contribution in [0.5, 0.6) is 0 Å². The minimum absolute atomic E-state index is 0.207. The number of carboxylic acids is 1. The van der Waals surface area contributed by atoms with Crippen LogP contribution in [0.3, 0.4) is 0 Å². The van der Waals surface area contributed by atoms with E-state index >= 15 is 0 Å². The highest BCUT2D eigenvalue weighted by Crippen LogP contribution is 2.25. The SMILES string of the molecule is C=CCCC(C)(C(=O)O)C(=O)OC. The molecule has 0 bridgehead atoms. The molecule has 0 fully saturated rings. The summed E-state index contributed by atoms with van der Waals surface area (Å²) in [6.07, 6.45) is 2.25. The summed E-state index contributed by atoms with van der Waals surface area (Å²) < 4.78 is 4.42. The molecule has 0 heterocycles. The van der Waals surface area contributed by atoms with Crippen LogP contribution in [0.15, 0.2) is 12.7 Å². The Labute approximate surface area is 77.2 Å². The zero-order valence-electron chi connectivity index (χ0n) is 7.87. The van der Waals surface area contributed by atoms with Gasteiger partial charge < -0.3 is 9.84 Å². The summed E-state index contributed by atoms with van der Waals surface area (Å²) in [6.45, 7) is 4.82. The fraction of sp³-hybridized carbons (Fsp3) is 0.556. The van der Waals surface area contributed by atoms with Gasteiger partial charge in [-0.1, -0.05) is 6.08 Å². The van der Waals surface area contributed by atoms with Crippen molar-refractivity contribution in [1.82, 2.24) is 0 Å². The maximum absolute atomic E-state index is 11.1. The van der Waals surface area contributed by atoms with Crippen LogP contribution < -0.4 is 0 Å². The highest BCUT2D eigenvalue weighted by atomic mass is 16.5. The third-order valence-electron chi connectivity index (χ3n) is 1.96. The molecule has 0 saturated carbocycles. The monoisotopic (exact) mass is 186 g/mol. The molecule has 0 spiro atoms. The molecule has 0 saturated heterocycles. The first-order valence-electron chi connectivity index (χ1n) is 3.91. The lowest BCUT2D eigenvalue weighted by molar-refractivity contribution is -0.166. The highest BCUT2D eigenvalue weighted by Gasteiger charge is 2.41. The van der Waals surface area contributed by atoms with E-state index in [9.17, 15) is 9.59 Å². The molecule has 0 amide bonds. The molecule has 13 heavy (non-hydrogen) atoms. The number of carboxylic acid groups (broad SMARTS) is 1. The summed E-state index contributed by atoms with van der Waals surface area (Å²) in [4.78, 5) is 21.9. The molecule has 0 aliphatic heterocycles. The van der Waals surface area contributed by atoms with E-state index in [0.29, 0.717) is 6.42 Å². The van der Waals surface area contributed by atoms with Crippen LogP contribution in [0.4, 0.5) is 0 Å². The lowest BCUT2D eigenvalue weighted by atomic mass is 9.85. The number of carbonyl (C=O) groups excluding carboxylic acids is 1. The van der Waals surface area contributed by atoms with Gasteiger partial charge in [-0.25, -0.2) is 0 Å². The molecule has 0 aromatic rings. The number of hydrogen-bond donors (Lipinski definition) is 1. The second kappa shape index (κ2) is 4.64. The van der Waals surface area contributed by atoms with E-state index in [2.05, 4.69) is 11.3 Å². The number of carbonyl (C=O) groups is 2. The maximum Gasteiger partial charge on any atom is 0.322 e. The molecule has 0 radical (unpaired) electrons. The normalized spacial score (nSPS) is 14.3. The van der Waals surface area contributed by atoms with Gasteiger partial charge in [-0.2, -0.15) is 0 Å². The van der Waals surface area contributed by atoms with Crippen LogP contribution in [0, 0.1) is 5.41 Å². The second-order valence-electron chi connectivity index (χ2n) is 2.96. The smallest absolute Gasteiger partial charge is 0.322 e. The summed E-state index contributed by atoms with van der Waals surface area (Å²) in [5.74, 6) is -1.89. The van der Waals surface area contributed by atoms with Gasteiger partial charge in [0.2, 0.25) is 0 Å². The predicted molar refractivity (Wildman–Crippen MR) is 47.2 cm³/mol. The van der Waals surface area contributed by atoms with Gasteiger partial charge in [-0.3, -0.25) is 9.59 Å². The van der Waals surface area contributed by atoms with Crippen molar-refractivity contribution in [2.24, 2.45) is 5.41 Å². The first-order valence-corrected chi connectivity index (χ1v) is 3.91. The average molecular weight is 186 g/mol. The van der Waals surface area contributed by atoms with Crippen molar-refractivity contribution in [2.75, 3.05) is 7.11 Å². The van der Waals surface area contributed by atoms with E-state index in [0.717, 1.165) is 0 Å². The minimum Gasteiger partial charge on any atom is -0.480 e. The predicted octanol–water partition coefficient (Wildman–Crippen LogP) is 1.22. The number of allylic oxidation sites excluding steroid dienone is 1. The molecule has 0 aromatic carbocycles. The summed E-state index contributed by atoms with van der Waals surface area (Å²) in [5.41, 5.74) is -1.46. The van der Waals surface area contributed by atoms with Gasteiger partial charge in [0.15, 0.2) is 5.41 Å². The Kier molecular flexibility index (Phi) is 4.17. The summed E-state index contributed by atoms with van der Waals surface area (Å²) in [6, 6.07) is 0. The minimum atomic E-state index is -1.46. The number of esters is 1. The summed E-state index contributed by atoms with van der Waals surface area (Å²) in [7, 11) is 1.18. The topological polar surface area (TPSA) is 63.6 Å². The quantitative estimate of drug-likeness (QED) is 0.398. The number of aliphatic carboxylic acids is 1. The van der Waals surface area contributed by atoms with E-state index in [1.807, 2.05) is 0 Å². The molecule has 0 aromatic heterocycles. The number of methoxy groups -OCH3 is 1. The Morgan fingerprint density at radius 1 is 1.62 bits per heavy atom. The van der Waals surface area contributed by atoms with Crippen LogP contribution >= 0.6 is 0 Å². The molecule has 4 heteroatoms. The standard InChI is InChI=1S/C9H14O4/c1-4-5-6-9(2,7(10)11)8(12)13-3/h4H,1,5-6H2,2-3H3,(H,10,11). The third kappa shape index (κ3) is 2.57. The van der Waals surface area contributed by atoms with Crippen molar-refractivity contribution >= 4 is 11.9 Å². The highest BCUT2D eigenvalue weighted by molar-refractivity contribution is 5.98. The zero-order valence-corrected chi connectivity index (χ0v) is 7.87. The molecule has 74 valence electrons. The van der Waals surface area contributed by atoms with Crippen molar-refractivity contribution < 1.29 is 19.4 Å². The van der Waals surface area contributed by atoms with Crippen LogP contribution in [-0.4, -0.2) is 24.2 Å². The van der Waals surface area contributed by atoms with E-state index in [-0.39, 0.29) is 6.42 Å². The molecule has 1 atom stereocenters. The van der Waals surface area contributed by atoms with Crippen molar-refractivity contribution in [3.8, 4) is 0 Å². The molecule has 1 unspecified atom stereocenters.